The van der Waals surface area contributed by atoms with E-state index in [1.54, 1.807) is 6.20 Å². The number of nitrogens with zero attached hydrogens (tertiary/aromatic N) is 3. The minimum absolute atomic E-state index is 0.339. The van der Waals surface area contributed by atoms with Crippen LogP contribution in [0.1, 0.15) is 25.6 Å². The van der Waals surface area contributed by atoms with Crippen LogP contribution in [0.2, 0.25) is 5.02 Å². The Morgan fingerprint density at radius 1 is 1.15 bits per heavy atom. The van der Waals surface area contributed by atoms with Crippen molar-refractivity contribution in [2.24, 2.45) is 0 Å². The lowest BCUT2D eigenvalue weighted by Crippen LogP contribution is -2.03. The van der Waals surface area contributed by atoms with Crippen molar-refractivity contribution < 1.29 is 0 Å². The van der Waals surface area contributed by atoms with Gasteiger partial charge in [-0.05, 0) is 45.0 Å². The van der Waals surface area contributed by atoms with E-state index >= 15 is 0 Å². The molecule has 0 saturated heterocycles. The van der Waals surface area contributed by atoms with Gasteiger partial charge in [0.05, 0.1) is 17.6 Å². The second-order valence-electron chi connectivity index (χ2n) is 5.24. The number of benzene rings is 1. The zero-order chi connectivity index (χ0) is 14.3. The maximum atomic E-state index is 6.09. The molecule has 2 heterocycles. The molecule has 0 aliphatic carbocycles. The van der Waals surface area contributed by atoms with Gasteiger partial charge in [-0.1, -0.05) is 11.6 Å². The van der Waals surface area contributed by atoms with Gasteiger partial charge in [0.15, 0.2) is 0 Å². The summed E-state index contributed by atoms with van der Waals surface area (Å²) in [6.45, 7) is 6.29. The van der Waals surface area contributed by atoms with Crippen LogP contribution in [0.3, 0.4) is 0 Å². The second kappa shape index (κ2) is 4.91. The van der Waals surface area contributed by atoms with Crippen molar-refractivity contribution in [2.45, 2.75) is 26.8 Å². The van der Waals surface area contributed by atoms with E-state index in [0.717, 1.165) is 27.5 Å². The van der Waals surface area contributed by atoms with Gasteiger partial charge < -0.3 is 4.57 Å². The number of fused-ring (bicyclic) bond motifs is 1. The zero-order valence-corrected chi connectivity index (χ0v) is 12.5. The summed E-state index contributed by atoms with van der Waals surface area (Å²) in [6, 6.07) is 8.44. The van der Waals surface area contributed by atoms with Gasteiger partial charge in [0, 0.05) is 28.2 Å². The molecule has 0 fully saturated rings. The lowest BCUT2D eigenvalue weighted by molar-refractivity contribution is 0.627. The molecule has 0 aliphatic rings. The largest absolute Gasteiger partial charge is 0.337 e. The average Bonchev–Trinajstić information content (AvgIpc) is 2.77. The van der Waals surface area contributed by atoms with Crippen LogP contribution in [0.5, 0.6) is 0 Å². The highest BCUT2D eigenvalue weighted by molar-refractivity contribution is 6.31. The van der Waals surface area contributed by atoms with Crippen LogP contribution < -0.4 is 0 Å². The fourth-order valence-corrected chi connectivity index (χ4v) is 2.73. The number of rotatable bonds is 2. The Labute approximate surface area is 123 Å². The predicted octanol–water partition coefficient (Wildman–Crippen LogP) is 4.64. The fourth-order valence-electron chi connectivity index (χ4n) is 2.55. The third kappa shape index (κ3) is 2.18. The van der Waals surface area contributed by atoms with E-state index in [2.05, 4.69) is 40.5 Å². The molecule has 3 aromatic rings. The van der Waals surface area contributed by atoms with E-state index in [-0.39, 0.29) is 0 Å². The molecule has 0 atom stereocenters. The molecule has 0 unspecified atom stereocenters. The summed E-state index contributed by atoms with van der Waals surface area (Å²) >= 11 is 6.09. The second-order valence-corrected chi connectivity index (χ2v) is 5.68. The van der Waals surface area contributed by atoms with Crippen LogP contribution in [0.25, 0.3) is 22.3 Å². The zero-order valence-electron chi connectivity index (χ0n) is 11.8. The Hall–Kier alpha value is -1.87. The van der Waals surface area contributed by atoms with Gasteiger partial charge in [0.2, 0.25) is 0 Å². The molecular formula is C16H16ClN3. The number of hydrogen-bond donors (Lipinski definition) is 0. The molecule has 4 heteroatoms. The van der Waals surface area contributed by atoms with Gasteiger partial charge in [-0.25, -0.2) is 4.98 Å². The van der Waals surface area contributed by atoms with Crippen molar-refractivity contribution in [3.8, 4) is 11.4 Å². The molecule has 0 amide bonds. The topological polar surface area (TPSA) is 30.7 Å². The SMILES string of the molecule is Cc1cncc(-c2cc3cc(Cl)ccc3n2C(C)C)n1. The average molecular weight is 286 g/mol. The summed E-state index contributed by atoms with van der Waals surface area (Å²) in [6.07, 6.45) is 3.57. The van der Waals surface area contributed by atoms with Crippen LogP contribution in [0, 0.1) is 6.92 Å². The molecule has 0 aliphatic heterocycles. The molecule has 1 aromatic carbocycles. The van der Waals surface area contributed by atoms with Crippen molar-refractivity contribution in [2.75, 3.05) is 0 Å². The van der Waals surface area contributed by atoms with Crippen LogP contribution in [-0.2, 0) is 0 Å². The van der Waals surface area contributed by atoms with Gasteiger partial charge in [-0.3, -0.25) is 4.98 Å². The summed E-state index contributed by atoms with van der Waals surface area (Å²) in [5, 5.41) is 1.88. The normalized spacial score (nSPS) is 11.4. The predicted molar refractivity (Wildman–Crippen MR) is 83.1 cm³/mol. The summed E-state index contributed by atoms with van der Waals surface area (Å²) in [5.41, 5.74) is 4.06. The van der Waals surface area contributed by atoms with Crippen LogP contribution in [0.4, 0.5) is 0 Å². The monoisotopic (exact) mass is 285 g/mol. The molecule has 0 saturated carbocycles. The van der Waals surface area contributed by atoms with E-state index in [9.17, 15) is 0 Å². The van der Waals surface area contributed by atoms with Crippen molar-refractivity contribution in [3.63, 3.8) is 0 Å². The fraction of sp³-hybridized carbons (Fsp3) is 0.250. The van der Waals surface area contributed by atoms with Gasteiger partial charge >= 0.3 is 0 Å². The molecule has 20 heavy (non-hydrogen) atoms. The van der Waals surface area contributed by atoms with Crippen LogP contribution in [-0.4, -0.2) is 14.5 Å². The Bertz CT molecular complexity index is 774. The lowest BCUT2D eigenvalue weighted by atomic mass is 10.2. The first-order valence-corrected chi connectivity index (χ1v) is 7.03. The minimum atomic E-state index is 0.339. The Kier molecular flexibility index (Phi) is 3.22. The Morgan fingerprint density at radius 2 is 1.95 bits per heavy atom. The Morgan fingerprint density at radius 3 is 2.65 bits per heavy atom. The summed E-state index contributed by atoms with van der Waals surface area (Å²) in [4.78, 5) is 8.83. The van der Waals surface area contributed by atoms with Gasteiger partial charge in [0.25, 0.3) is 0 Å². The number of aromatic nitrogens is 3. The first-order valence-electron chi connectivity index (χ1n) is 6.66. The summed E-state index contributed by atoms with van der Waals surface area (Å²) < 4.78 is 2.27. The molecule has 3 rings (SSSR count). The number of aryl methyl sites for hydroxylation is 1. The molecule has 0 N–H and O–H groups in total. The minimum Gasteiger partial charge on any atom is -0.337 e. The number of halogens is 1. The van der Waals surface area contributed by atoms with E-state index in [0.29, 0.717) is 6.04 Å². The molecular weight excluding hydrogens is 270 g/mol. The van der Waals surface area contributed by atoms with E-state index in [4.69, 9.17) is 11.6 Å². The first kappa shape index (κ1) is 13.1. The Balaban J connectivity index is 2.32. The third-order valence-electron chi connectivity index (χ3n) is 3.33. The molecule has 0 radical (unpaired) electrons. The third-order valence-corrected chi connectivity index (χ3v) is 3.57. The first-order chi connectivity index (χ1) is 9.56. The quantitative estimate of drug-likeness (QED) is 0.687. The smallest absolute Gasteiger partial charge is 0.105 e. The van der Waals surface area contributed by atoms with Gasteiger partial charge in [0.1, 0.15) is 5.69 Å². The van der Waals surface area contributed by atoms with E-state index in [1.807, 2.05) is 25.3 Å². The standard InChI is InChI=1S/C16H16ClN3/c1-10(2)20-15-5-4-13(17)6-12(15)7-16(20)14-9-18-8-11(3)19-14/h4-10H,1-3H3. The molecule has 2 aromatic heterocycles. The van der Waals surface area contributed by atoms with Crippen molar-refractivity contribution >= 4 is 22.5 Å². The van der Waals surface area contributed by atoms with Crippen molar-refractivity contribution in [1.82, 2.24) is 14.5 Å². The molecule has 3 nitrogen and oxygen atoms in total. The highest BCUT2D eigenvalue weighted by atomic mass is 35.5. The summed E-state index contributed by atoms with van der Waals surface area (Å²) in [5.74, 6) is 0. The van der Waals surface area contributed by atoms with E-state index in [1.165, 1.54) is 5.52 Å². The van der Waals surface area contributed by atoms with E-state index < -0.39 is 0 Å². The van der Waals surface area contributed by atoms with Gasteiger partial charge in [-0.2, -0.15) is 0 Å². The highest BCUT2D eigenvalue weighted by Crippen LogP contribution is 2.31. The molecule has 102 valence electrons. The van der Waals surface area contributed by atoms with Gasteiger partial charge in [-0.15, -0.1) is 0 Å². The van der Waals surface area contributed by atoms with Crippen LogP contribution >= 0.6 is 11.6 Å². The molecule has 0 spiro atoms. The highest BCUT2D eigenvalue weighted by Gasteiger charge is 2.14. The van der Waals surface area contributed by atoms with Crippen molar-refractivity contribution in [3.05, 3.63) is 47.4 Å². The summed E-state index contributed by atoms with van der Waals surface area (Å²) in [7, 11) is 0. The lowest BCUT2D eigenvalue weighted by Gasteiger charge is -2.14. The maximum Gasteiger partial charge on any atom is 0.105 e. The maximum absolute atomic E-state index is 6.09. The molecule has 0 bridgehead atoms. The van der Waals surface area contributed by atoms with Crippen molar-refractivity contribution in [1.29, 1.82) is 0 Å². The van der Waals surface area contributed by atoms with Crippen LogP contribution in [0.15, 0.2) is 36.7 Å². The number of hydrogen-bond acceptors (Lipinski definition) is 2.